The van der Waals surface area contributed by atoms with Crippen molar-refractivity contribution in [2.75, 3.05) is 7.05 Å². The third-order valence-electron chi connectivity index (χ3n) is 2.50. The predicted octanol–water partition coefficient (Wildman–Crippen LogP) is 1.55. The highest BCUT2D eigenvalue weighted by Crippen LogP contribution is 2.06. The standard InChI is InChI=1S/C13H12N4O/c1-17(9-11-5-3-7-15-11)13(18)12-6-2-4-10(8-14)16-12/h2-7,15H,9H2,1H3. The van der Waals surface area contributed by atoms with Crippen LogP contribution in [0, 0.1) is 11.3 Å². The number of nitriles is 1. The van der Waals surface area contributed by atoms with Gasteiger partial charge in [-0.05, 0) is 24.3 Å². The van der Waals surface area contributed by atoms with Gasteiger partial charge in [0.05, 0.1) is 6.54 Å². The lowest BCUT2D eigenvalue weighted by Gasteiger charge is -2.15. The van der Waals surface area contributed by atoms with Crippen LogP contribution in [0.15, 0.2) is 36.5 Å². The van der Waals surface area contributed by atoms with Crippen LogP contribution in [-0.2, 0) is 6.54 Å². The van der Waals surface area contributed by atoms with Crippen LogP contribution < -0.4 is 0 Å². The van der Waals surface area contributed by atoms with Gasteiger partial charge in [-0.1, -0.05) is 6.07 Å². The fourth-order valence-electron chi connectivity index (χ4n) is 1.60. The van der Waals surface area contributed by atoms with Gasteiger partial charge in [-0.15, -0.1) is 0 Å². The van der Waals surface area contributed by atoms with Crippen LogP contribution in [0.5, 0.6) is 0 Å². The third kappa shape index (κ3) is 2.55. The van der Waals surface area contributed by atoms with Gasteiger partial charge in [-0.2, -0.15) is 5.26 Å². The van der Waals surface area contributed by atoms with E-state index in [1.165, 1.54) is 0 Å². The van der Waals surface area contributed by atoms with Crippen molar-refractivity contribution in [1.29, 1.82) is 5.26 Å². The molecule has 2 aromatic rings. The molecule has 1 N–H and O–H groups in total. The summed E-state index contributed by atoms with van der Waals surface area (Å²) in [6.45, 7) is 0.476. The molecule has 0 fully saturated rings. The minimum Gasteiger partial charge on any atom is -0.364 e. The molecule has 0 radical (unpaired) electrons. The average Bonchev–Trinajstić information content (AvgIpc) is 2.90. The quantitative estimate of drug-likeness (QED) is 0.884. The molecule has 5 heteroatoms. The van der Waals surface area contributed by atoms with Gasteiger partial charge in [-0.25, -0.2) is 4.98 Å². The molecule has 5 nitrogen and oxygen atoms in total. The van der Waals surface area contributed by atoms with Crippen molar-refractivity contribution in [2.24, 2.45) is 0 Å². The Morgan fingerprint density at radius 2 is 2.28 bits per heavy atom. The maximum Gasteiger partial charge on any atom is 0.272 e. The lowest BCUT2D eigenvalue weighted by atomic mass is 10.2. The number of aromatic amines is 1. The molecule has 0 aromatic carbocycles. The van der Waals surface area contributed by atoms with Crippen molar-refractivity contribution in [2.45, 2.75) is 6.54 Å². The molecule has 1 amide bonds. The zero-order valence-electron chi connectivity index (χ0n) is 9.92. The Hall–Kier alpha value is -2.61. The van der Waals surface area contributed by atoms with Crippen LogP contribution in [0.2, 0.25) is 0 Å². The summed E-state index contributed by atoms with van der Waals surface area (Å²) in [4.78, 5) is 20.6. The molecule has 0 atom stereocenters. The van der Waals surface area contributed by atoms with Crippen LogP contribution >= 0.6 is 0 Å². The van der Waals surface area contributed by atoms with Crippen molar-refractivity contribution in [3.63, 3.8) is 0 Å². The molecule has 0 saturated heterocycles. The maximum atomic E-state index is 12.1. The summed E-state index contributed by atoms with van der Waals surface area (Å²) in [5, 5.41) is 8.75. The van der Waals surface area contributed by atoms with Crippen LogP contribution in [0.3, 0.4) is 0 Å². The van der Waals surface area contributed by atoms with E-state index in [0.29, 0.717) is 6.54 Å². The van der Waals surface area contributed by atoms with Gasteiger partial charge in [0, 0.05) is 18.9 Å². The molecule has 0 aliphatic carbocycles. The molecule has 0 spiro atoms. The molecule has 2 heterocycles. The van der Waals surface area contributed by atoms with Crippen molar-refractivity contribution in [3.05, 3.63) is 53.6 Å². The van der Waals surface area contributed by atoms with Crippen LogP contribution in [0.25, 0.3) is 0 Å². The first kappa shape index (κ1) is 11.9. The van der Waals surface area contributed by atoms with E-state index in [-0.39, 0.29) is 17.3 Å². The number of carbonyl (C=O) groups excluding carboxylic acids is 1. The van der Waals surface area contributed by atoms with E-state index in [2.05, 4.69) is 9.97 Å². The summed E-state index contributed by atoms with van der Waals surface area (Å²) in [6, 6.07) is 10.5. The van der Waals surface area contributed by atoms with Crippen molar-refractivity contribution < 1.29 is 4.79 Å². The van der Waals surface area contributed by atoms with E-state index in [0.717, 1.165) is 5.69 Å². The van der Waals surface area contributed by atoms with Gasteiger partial charge in [0.15, 0.2) is 0 Å². The zero-order chi connectivity index (χ0) is 13.0. The van der Waals surface area contributed by atoms with Gasteiger partial charge >= 0.3 is 0 Å². The van der Waals surface area contributed by atoms with E-state index in [9.17, 15) is 4.79 Å². The van der Waals surface area contributed by atoms with Crippen LogP contribution in [-0.4, -0.2) is 27.8 Å². The zero-order valence-corrected chi connectivity index (χ0v) is 9.92. The van der Waals surface area contributed by atoms with Gasteiger partial charge in [0.25, 0.3) is 5.91 Å². The maximum absolute atomic E-state index is 12.1. The van der Waals surface area contributed by atoms with E-state index in [1.54, 1.807) is 30.1 Å². The summed E-state index contributed by atoms with van der Waals surface area (Å²) in [6.07, 6.45) is 1.81. The topological polar surface area (TPSA) is 72.8 Å². The number of pyridine rings is 1. The number of H-pyrrole nitrogens is 1. The number of nitrogens with zero attached hydrogens (tertiary/aromatic N) is 3. The van der Waals surface area contributed by atoms with Crippen molar-refractivity contribution >= 4 is 5.91 Å². The fraction of sp³-hybridized carbons (Fsp3) is 0.154. The fourth-order valence-corrected chi connectivity index (χ4v) is 1.60. The van der Waals surface area contributed by atoms with Gasteiger partial charge in [-0.3, -0.25) is 4.79 Å². The highest BCUT2D eigenvalue weighted by molar-refractivity contribution is 5.92. The van der Waals surface area contributed by atoms with E-state index in [4.69, 9.17) is 5.26 Å². The molecule has 0 aliphatic heterocycles. The summed E-state index contributed by atoms with van der Waals surface area (Å²) in [5.41, 5.74) is 1.47. The Balaban J connectivity index is 2.13. The van der Waals surface area contributed by atoms with E-state index < -0.39 is 0 Å². The molecule has 2 aromatic heterocycles. The van der Waals surface area contributed by atoms with E-state index >= 15 is 0 Å². The Morgan fingerprint density at radius 1 is 1.44 bits per heavy atom. The number of hydrogen-bond donors (Lipinski definition) is 1. The second-order valence-electron chi connectivity index (χ2n) is 3.88. The Kier molecular flexibility index (Phi) is 3.39. The van der Waals surface area contributed by atoms with Gasteiger partial charge < -0.3 is 9.88 Å². The first-order valence-corrected chi connectivity index (χ1v) is 5.45. The molecule has 2 rings (SSSR count). The highest BCUT2D eigenvalue weighted by atomic mass is 16.2. The molecule has 0 aliphatic rings. The lowest BCUT2D eigenvalue weighted by Crippen LogP contribution is -2.27. The van der Waals surface area contributed by atoms with Gasteiger partial charge in [0.1, 0.15) is 17.5 Å². The summed E-state index contributed by atoms with van der Waals surface area (Å²) < 4.78 is 0. The number of aromatic nitrogens is 2. The monoisotopic (exact) mass is 240 g/mol. The number of hydrogen-bond acceptors (Lipinski definition) is 3. The number of nitrogens with one attached hydrogen (secondary N) is 1. The lowest BCUT2D eigenvalue weighted by molar-refractivity contribution is 0.0777. The second kappa shape index (κ2) is 5.15. The summed E-state index contributed by atoms with van der Waals surface area (Å²) >= 11 is 0. The first-order chi connectivity index (χ1) is 8.70. The SMILES string of the molecule is CN(Cc1ccc[nH]1)C(=O)c1cccc(C#N)n1. The molecule has 0 bridgehead atoms. The molecule has 0 unspecified atom stereocenters. The smallest absolute Gasteiger partial charge is 0.272 e. The second-order valence-corrected chi connectivity index (χ2v) is 3.88. The summed E-state index contributed by atoms with van der Waals surface area (Å²) in [5.74, 6) is -0.207. The van der Waals surface area contributed by atoms with Crippen LogP contribution in [0.1, 0.15) is 21.9 Å². The Morgan fingerprint density at radius 3 is 2.94 bits per heavy atom. The predicted molar refractivity (Wildman–Crippen MR) is 65.5 cm³/mol. The molecule has 0 saturated carbocycles. The number of rotatable bonds is 3. The molecule has 90 valence electrons. The van der Waals surface area contributed by atoms with Crippen LogP contribution in [0.4, 0.5) is 0 Å². The normalized spacial score (nSPS) is 9.78. The molecular formula is C13H12N4O. The minimum atomic E-state index is -0.207. The summed E-state index contributed by atoms with van der Waals surface area (Å²) in [7, 11) is 1.70. The Labute approximate surface area is 105 Å². The Bertz CT molecular complexity index is 583. The van der Waals surface area contributed by atoms with Crippen molar-refractivity contribution in [3.8, 4) is 6.07 Å². The molecule has 18 heavy (non-hydrogen) atoms. The first-order valence-electron chi connectivity index (χ1n) is 5.45. The average molecular weight is 240 g/mol. The largest absolute Gasteiger partial charge is 0.364 e. The number of amides is 1. The molecular weight excluding hydrogens is 228 g/mol. The third-order valence-corrected chi connectivity index (χ3v) is 2.50. The number of carbonyl (C=O) groups is 1. The highest BCUT2D eigenvalue weighted by Gasteiger charge is 2.14. The van der Waals surface area contributed by atoms with Crippen molar-refractivity contribution in [1.82, 2.24) is 14.9 Å². The van der Waals surface area contributed by atoms with Gasteiger partial charge in [0.2, 0.25) is 0 Å². The van der Waals surface area contributed by atoms with E-state index in [1.807, 2.05) is 24.4 Å². The minimum absolute atomic E-state index is 0.207.